The van der Waals surface area contributed by atoms with Gasteiger partial charge in [0.1, 0.15) is 0 Å². The molecule has 1 radical (unpaired) electrons. The number of rotatable bonds is 4. The first kappa shape index (κ1) is 22.2. The van der Waals surface area contributed by atoms with Gasteiger partial charge in [0, 0.05) is 44.2 Å². The quantitative estimate of drug-likeness (QED) is 0.369. The van der Waals surface area contributed by atoms with E-state index in [0.29, 0.717) is 0 Å². The van der Waals surface area contributed by atoms with Crippen molar-refractivity contribution in [2.24, 2.45) is 11.8 Å². The molecule has 0 fully saturated rings. The van der Waals surface area contributed by atoms with Crippen molar-refractivity contribution in [2.45, 2.75) is 27.7 Å². The van der Waals surface area contributed by atoms with E-state index in [2.05, 4.69) is 11.1 Å². The topological polar surface area (TPSA) is 50.2 Å². The van der Waals surface area contributed by atoms with Gasteiger partial charge in [0.15, 0.2) is 5.78 Å². The molecule has 0 aliphatic rings. The number of hydrogen-bond donors (Lipinski definition) is 1. The van der Waals surface area contributed by atoms with Crippen LogP contribution in [0.1, 0.15) is 27.7 Å². The predicted molar refractivity (Wildman–Crippen MR) is 93.9 cm³/mol. The molecular formula is C20H24IrNO2-. The molecule has 0 bridgehead atoms. The van der Waals surface area contributed by atoms with Gasteiger partial charge in [-0.05, 0) is 11.8 Å². The van der Waals surface area contributed by atoms with E-state index in [4.69, 9.17) is 0 Å². The number of ketones is 1. The monoisotopic (exact) mass is 503 g/mol. The molecule has 24 heavy (non-hydrogen) atoms. The van der Waals surface area contributed by atoms with Crippen LogP contribution < -0.4 is 0 Å². The Labute approximate surface area is 158 Å². The van der Waals surface area contributed by atoms with Gasteiger partial charge < -0.3 is 10.1 Å². The Kier molecular flexibility index (Phi) is 10.9. The third-order valence-electron chi connectivity index (χ3n) is 3.10. The first-order valence-electron chi connectivity index (χ1n) is 7.74. The van der Waals surface area contributed by atoms with E-state index in [1.54, 1.807) is 6.20 Å². The maximum absolute atomic E-state index is 11.0. The standard InChI is InChI=1S/C11H8N.C9H16O2.Ir/c1-2-6-10(7-3-1)11-8-4-5-9-12-11;1-6(2)8(10)5-9(11)7(3)4;/h1-6,8-9H;5-7,10H,1-4H3;/q-1;;/b;8-5-;. The minimum atomic E-state index is -0.0316. The van der Waals surface area contributed by atoms with E-state index in [1.807, 2.05) is 70.2 Å². The van der Waals surface area contributed by atoms with E-state index in [9.17, 15) is 9.90 Å². The molecular weight excluding hydrogens is 478 g/mol. The van der Waals surface area contributed by atoms with Crippen LogP contribution in [0.4, 0.5) is 0 Å². The third kappa shape index (κ3) is 8.19. The molecule has 2 rings (SSSR count). The Morgan fingerprint density at radius 1 is 1.08 bits per heavy atom. The summed E-state index contributed by atoms with van der Waals surface area (Å²) in [4.78, 5) is 15.2. The average Bonchev–Trinajstić information content (AvgIpc) is 2.56. The number of allylic oxidation sites excluding steroid dienone is 2. The van der Waals surface area contributed by atoms with E-state index < -0.39 is 0 Å². The molecule has 0 aliphatic carbocycles. The van der Waals surface area contributed by atoms with Crippen molar-refractivity contribution in [2.75, 3.05) is 0 Å². The van der Waals surface area contributed by atoms with Crippen LogP contribution in [-0.4, -0.2) is 15.9 Å². The van der Waals surface area contributed by atoms with Crippen LogP contribution in [0.25, 0.3) is 11.3 Å². The van der Waals surface area contributed by atoms with E-state index >= 15 is 0 Å². The molecule has 0 atom stereocenters. The zero-order chi connectivity index (χ0) is 17.2. The summed E-state index contributed by atoms with van der Waals surface area (Å²) in [5.74, 6) is 0.161. The Morgan fingerprint density at radius 2 is 1.75 bits per heavy atom. The van der Waals surface area contributed by atoms with Gasteiger partial charge in [-0.25, -0.2) is 0 Å². The fraction of sp³-hybridized carbons (Fsp3) is 0.300. The first-order valence-corrected chi connectivity index (χ1v) is 7.74. The third-order valence-corrected chi connectivity index (χ3v) is 3.10. The van der Waals surface area contributed by atoms with Crippen molar-refractivity contribution in [3.05, 3.63) is 66.6 Å². The molecule has 0 saturated carbocycles. The molecule has 1 aromatic heterocycles. The summed E-state index contributed by atoms with van der Waals surface area (Å²) in [6, 6.07) is 16.8. The number of pyridine rings is 1. The maximum atomic E-state index is 11.0. The zero-order valence-corrected chi connectivity index (χ0v) is 16.9. The van der Waals surface area contributed by atoms with Crippen LogP contribution >= 0.6 is 0 Å². The van der Waals surface area contributed by atoms with E-state index in [0.717, 1.165) is 11.3 Å². The normalized spacial score (nSPS) is 10.7. The van der Waals surface area contributed by atoms with Crippen molar-refractivity contribution < 1.29 is 30.0 Å². The van der Waals surface area contributed by atoms with Gasteiger partial charge in [-0.2, -0.15) is 0 Å². The van der Waals surface area contributed by atoms with Crippen LogP contribution in [0.2, 0.25) is 0 Å². The second-order valence-corrected chi connectivity index (χ2v) is 5.77. The second kappa shape index (κ2) is 11.7. The van der Waals surface area contributed by atoms with Crippen molar-refractivity contribution >= 4 is 5.78 Å². The average molecular weight is 503 g/mol. The number of carbonyl (C=O) groups is 1. The molecule has 0 unspecified atom stereocenters. The summed E-state index contributed by atoms with van der Waals surface area (Å²) in [5.41, 5.74) is 2.01. The summed E-state index contributed by atoms with van der Waals surface area (Å²) < 4.78 is 0. The Bertz CT molecular complexity index is 585. The minimum Gasteiger partial charge on any atom is -0.512 e. The first-order chi connectivity index (χ1) is 10.9. The van der Waals surface area contributed by atoms with Gasteiger partial charge in [-0.1, -0.05) is 39.8 Å². The maximum Gasteiger partial charge on any atom is 0.161 e. The second-order valence-electron chi connectivity index (χ2n) is 5.77. The summed E-state index contributed by atoms with van der Waals surface area (Å²) in [6.07, 6.45) is 3.10. The van der Waals surface area contributed by atoms with E-state index in [-0.39, 0.29) is 43.5 Å². The molecule has 0 amide bonds. The van der Waals surface area contributed by atoms with Crippen molar-refractivity contribution in [3.63, 3.8) is 0 Å². The minimum absolute atomic E-state index is 0. The van der Waals surface area contributed by atoms with Gasteiger partial charge >= 0.3 is 0 Å². The number of benzene rings is 1. The number of aliphatic hydroxyl groups is 1. The van der Waals surface area contributed by atoms with Gasteiger partial charge in [0.05, 0.1) is 5.76 Å². The summed E-state index contributed by atoms with van der Waals surface area (Å²) in [6.45, 7) is 7.32. The molecule has 1 heterocycles. The number of aliphatic hydroxyl groups excluding tert-OH is 1. The van der Waals surface area contributed by atoms with Gasteiger partial charge in [-0.3, -0.25) is 4.79 Å². The van der Waals surface area contributed by atoms with Crippen molar-refractivity contribution in [1.82, 2.24) is 4.98 Å². The van der Waals surface area contributed by atoms with E-state index in [1.165, 1.54) is 6.08 Å². The van der Waals surface area contributed by atoms with Crippen LogP contribution in [0.3, 0.4) is 0 Å². The Balaban J connectivity index is 0.000000426. The Morgan fingerprint density at radius 3 is 2.21 bits per heavy atom. The van der Waals surface area contributed by atoms with Crippen LogP contribution in [0.15, 0.2) is 60.5 Å². The molecule has 3 nitrogen and oxygen atoms in total. The van der Waals surface area contributed by atoms with Gasteiger partial charge in [0.25, 0.3) is 0 Å². The summed E-state index contributed by atoms with van der Waals surface area (Å²) in [5, 5.41) is 9.19. The molecule has 1 aromatic carbocycles. The summed E-state index contributed by atoms with van der Waals surface area (Å²) in [7, 11) is 0. The largest absolute Gasteiger partial charge is 0.512 e. The molecule has 131 valence electrons. The summed E-state index contributed by atoms with van der Waals surface area (Å²) >= 11 is 0. The predicted octanol–water partition coefficient (Wildman–Crippen LogP) is 4.86. The zero-order valence-electron chi connectivity index (χ0n) is 14.5. The van der Waals surface area contributed by atoms with Crippen LogP contribution in [0.5, 0.6) is 0 Å². The molecule has 0 spiro atoms. The fourth-order valence-electron chi connectivity index (χ4n) is 1.55. The smallest absolute Gasteiger partial charge is 0.161 e. The Hall–Kier alpha value is -1.77. The fourth-order valence-corrected chi connectivity index (χ4v) is 1.55. The SMILES string of the molecule is CC(C)C(=O)/C=C(\O)C(C)C.[Ir].[c-]1ccccc1-c1ccccn1. The molecule has 0 saturated heterocycles. The van der Waals surface area contributed by atoms with Crippen LogP contribution in [-0.2, 0) is 24.9 Å². The van der Waals surface area contributed by atoms with Crippen molar-refractivity contribution in [1.29, 1.82) is 0 Å². The van der Waals surface area contributed by atoms with Gasteiger partial charge in [0.2, 0.25) is 0 Å². The van der Waals surface area contributed by atoms with Crippen molar-refractivity contribution in [3.8, 4) is 11.3 Å². The number of carbonyl (C=O) groups excluding carboxylic acids is 1. The van der Waals surface area contributed by atoms with Crippen LogP contribution in [0, 0.1) is 17.9 Å². The van der Waals surface area contributed by atoms with Gasteiger partial charge in [-0.15, -0.1) is 35.9 Å². The number of nitrogens with zero attached hydrogens (tertiary/aromatic N) is 1. The number of aromatic nitrogens is 1. The number of hydrogen-bond acceptors (Lipinski definition) is 3. The molecule has 4 heteroatoms. The molecule has 0 aliphatic heterocycles. The molecule has 2 aromatic rings. The molecule has 1 N–H and O–H groups in total.